The second kappa shape index (κ2) is 7.75. The van der Waals surface area contributed by atoms with Gasteiger partial charge in [0.1, 0.15) is 0 Å². The molecule has 1 aromatic rings. The van der Waals surface area contributed by atoms with Gasteiger partial charge in [-0.1, -0.05) is 30.3 Å². The van der Waals surface area contributed by atoms with Crippen molar-refractivity contribution in [2.24, 2.45) is 0 Å². The predicted octanol–water partition coefficient (Wildman–Crippen LogP) is -0.0237. The highest BCUT2D eigenvalue weighted by Crippen LogP contribution is 2.17. The van der Waals surface area contributed by atoms with Crippen LogP contribution in [0.5, 0.6) is 0 Å². The smallest absolute Gasteiger partial charge is 0.312 e. The Labute approximate surface area is 154 Å². The van der Waals surface area contributed by atoms with Crippen LogP contribution >= 0.6 is 0 Å². The van der Waals surface area contributed by atoms with Crippen LogP contribution in [0.2, 0.25) is 0 Å². The molecule has 3 rings (SSSR count). The number of likely N-dealkylation sites (N-methyl/N-ethyl adjacent to an activating group) is 1. The Morgan fingerprint density at radius 3 is 2.35 bits per heavy atom. The van der Waals surface area contributed by atoms with Gasteiger partial charge in [-0.25, -0.2) is 8.42 Å². The molecule has 0 N–H and O–H groups in total. The minimum atomic E-state index is -3.09. The third kappa shape index (κ3) is 4.42. The first-order valence-electron chi connectivity index (χ1n) is 8.88. The molecule has 0 aliphatic carbocycles. The molecule has 1 unspecified atom stereocenters. The zero-order valence-corrected chi connectivity index (χ0v) is 15.8. The van der Waals surface area contributed by atoms with Gasteiger partial charge in [-0.05, 0) is 12.0 Å². The molecule has 2 amide bonds. The van der Waals surface area contributed by atoms with Crippen molar-refractivity contribution in [3.63, 3.8) is 0 Å². The summed E-state index contributed by atoms with van der Waals surface area (Å²) >= 11 is 0. The maximum atomic E-state index is 12.5. The Morgan fingerprint density at radius 2 is 1.77 bits per heavy atom. The van der Waals surface area contributed by atoms with E-state index >= 15 is 0 Å². The first-order valence-corrected chi connectivity index (χ1v) is 10.7. The summed E-state index contributed by atoms with van der Waals surface area (Å²) in [4.78, 5) is 30.1. The van der Waals surface area contributed by atoms with Crippen molar-refractivity contribution in [1.82, 2.24) is 14.7 Å². The Bertz CT molecular complexity index is 758. The molecule has 0 bridgehead atoms. The molecule has 2 aliphatic heterocycles. The molecule has 0 saturated carbocycles. The van der Waals surface area contributed by atoms with Gasteiger partial charge < -0.3 is 9.80 Å². The summed E-state index contributed by atoms with van der Waals surface area (Å²) in [6, 6.07) is 9.75. The number of carbonyl (C=O) groups is 2. The van der Waals surface area contributed by atoms with Crippen LogP contribution in [0.25, 0.3) is 0 Å². The summed E-state index contributed by atoms with van der Waals surface area (Å²) in [5, 5.41) is 0. The zero-order chi connectivity index (χ0) is 18.7. The lowest BCUT2D eigenvalue weighted by Crippen LogP contribution is -2.53. The first-order chi connectivity index (χ1) is 12.4. The number of carbonyl (C=O) groups excluding carboxylic acids is 2. The van der Waals surface area contributed by atoms with E-state index in [1.54, 1.807) is 4.90 Å². The van der Waals surface area contributed by atoms with Crippen molar-refractivity contribution in [3.8, 4) is 0 Å². The summed E-state index contributed by atoms with van der Waals surface area (Å²) in [6.07, 6.45) is 0.405. The quantitative estimate of drug-likeness (QED) is 0.690. The van der Waals surface area contributed by atoms with Crippen molar-refractivity contribution in [1.29, 1.82) is 0 Å². The van der Waals surface area contributed by atoms with E-state index in [0.29, 0.717) is 19.5 Å². The summed E-state index contributed by atoms with van der Waals surface area (Å²) in [5.41, 5.74) is 1.23. The summed E-state index contributed by atoms with van der Waals surface area (Å²) < 4.78 is 23.2. The Kier molecular flexibility index (Phi) is 5.62. The Balaban J connectivity index is 1.50. The van der Waals surface area contributed by atoms with E-state index in [1.807, 2.05) is 18.2 Å². The van der Waals surface area contributed by atoms with E-state index < -0.39 is 27.7 Å². The third-order valence-corrected chi connectivity index (χ3v) is 6.92. The molecule has 2 heterocycles. The van der Waals surface area contributed by atoms with Crippen LogP contribution in [0.15, 0.2) is 30.3 Å². The average molecular weight is 379 g/mol. The van der Waals surface area contributed by atoms with Crippen LogP contribution in [0.1, 0.15) is 12.0 Å². The largest absolute Gasteiger partial charge is 0.333 e. The SMILES string of the molecule is CN(C(=O)C(=O)N1CCN(Cc2ccccc2)CC1)C1CCS(=O)(=O)C1. The molecule has 142 valence electrons. The van der Waals surface area contributed by atoms with Gasteiger partial charge in [0.05, 0.1) is 11.5 Å². The van der Waals surface area contributed by atoms with Gasteiger partial charge in [-0.2, -0.15) is 0 Å². The van der Waals surface area contributed by atoms with Crippen molar-refractivity contribution in [2.75, 3.05) is 44.7 Å². The molecule has 26 heavy (non-hydrogen) atoms. The maximum Gasteiger partial charge on any atom is 0.312 e. The number of rotatable bonds is 3. The molecular weight excluding hydrogens is 354 g/mol. The van der Waals surface area contributed by atoms with Gasteiger partial charge in [0, 0.05) is 45.8 Å². The number of amides is 2. The second-order valence-electron chi connectivity index (χ2n) is 7.03. The van der Waals surface area contributed by atoms with Gasteiger partial charge in [0.2, 0.25) is 0 Å². The number of hydrogen-bond acceptors (Lipinski definition) is 5. The van der Waals surface area contributed by atoms with E-state index in [-0.39, 0.29) is 11.5 Å². The van der Waals surface area contributed by atoms with Crippen LogP contribution in [-0.2, 0) is 26.0 Å². The number of benzene rings is 1. The molecule has 7 nitrogen and oxygen atoms in total. The molecule has 2 aliphatic rings. The summed E-state index contributed by atoms with van der Waals surface area (Å²) in [7, 11) is -1.56. The zero-order valence-electron chi connectivity index (χ0n) is 15.0. The summed E-state index contributed by atoms with van der Waals surface area (Å²) in [6.45, 7) is 3.28. The molecule has 8 heteroatoms. The van der Waals surface area contributed by atoms with Crippen LogP contribution in [0, 0.1) is 0 Å². The number of nitrogens with zero attached hydrogens (tertiary/aromatic N) is 3. The number of piperazine rings is 1. The van der Waals surface area contributed by atoms with Crippen LogP contribution in [0.3, 0.4) is 0 Å². The molecule has 2 fully saturated rings. The van der Waals surface area contributed by atoms with Crippen LogP contribution < -0.4 is 0 Å². The third-order valence-electron chi connectivity index (χ3n) is 5.17. The molecule has 0 aromatic heterocycles. The highest BCUT2D eigenvalue weighted by molar-refractivity contribution is 7.91. The molecule has 1 aromatic carbocycles. The van der Waals surface area contributed by atoms with E-state index in [2.05, 4.69) is 17.0 Å². The standard InChI is InChI=1S/C18H25N3O4S/c1-19(16-7-12-26(24,25)14-16)17(22)18(23)21-10-8-20(9-11-21)13-15-5-3-2-4-6-15/h2-6,16H,7-14H2,1H3. The maximum absolute atomic E-state index is 12.5. The number of hydrogen-bond donors (Lipinski definition) is 0. The molecule has 0 spiro atoms. The normalized spacial score (nSPS) is 23.0. The Morgan fingerprint density at radius 1 is 1.12 bits per heavy atom. The van der Waals surface area contributed by atoms with Crippen molar-refractivity contribution in [3.05, 3.63) is 35.9 Å². The lowest BCUT2D eigenvalue weighted by Gasteiger charge is -2.35. The molecular formula is C18H25N3O4S. The minimum Gasteiger partial charge on any atom is -0.333 e. The molecule has 0 radical (unpaired) electrons. The highest BCUT2D eigenvalue weighted by Gasteiger charge is 2.36. The van der Waals surface area contributed by atoms with E-state index in [1.165, 1.54) is 17.5 Å². The second-order valence-corrected chi connectivity index (χ2v) is 9.26. The minimum absolute atomic E-state index is 0.0482. The van der Waals surface area contributed by atoms with E-state index in [0.717, 1.165) is 19.6 Å². The lowest BCUT2D eigenvalue weighted by molar-refractivity contribution is -0.153. The molecule has 2 saturated heterocycles. The van der Waals surface area contributed by atoms with Crippen molar-refractivity contribution in [2.45, 2.75) is 19.0 Å². The van der Waals surface area contributed by atoms with E-state index in [9.17, 15) is 18.0 Å². The van der Waals surface area contributed by atoms with Crippen molar-refractivity contribution < 1.29 is 18.0 Å². The van der Waals surface area contributed by atoms with Gasteiger partial charge in [-0.3, -0.25) is 14.5 Å². The number of sulfone groups is 1. The fourth-order valence-electron chi connectivity index (χ4n) is 3.48. The fraction of sp³-hybridized carbons (Fsp3) is 0.556. The van der Waals surface area contributed by atoms with E-state index in [4.69, 9.17) is 0 Å². The topological polar surface area (TPSA) is 78.0 Å². The fourth-order valence-corrected chi connectivity index (χ4v) is 5.26. The Hall–Kier alpha value is -1.93. The van der Waals surface area contributed by atoms with Gasteiger partial charge in [0.15, 0.2) is 9.84 Å². The highest BCUT2D eigenvalue weighted by atomic mass is 32.2. The van der Waals surface area contributed by atoms with Gasteiger partial charge >= 0.3 is 11.8 Å². The van der Waals surface area contributed by atoms with Crippen LogP contribution in [-0.4, -0.2) is 85.7 Å². The van der Waals surface area contributed by atoms with Crippen LogP contribution in [0.4, 0.5) is 0 Å². The lowest BCUT2D eigenvalue weighted by atomic mass is 10.2. The summed E-state index contributed by atoms with van der Waals surface area (Å²) in [5.74, 6) is -1.10. The predicted molar refractivity (Wildman–Crippen MR) is 98.1 cm³/mol. The van der Waals surface area contributed by atoms with Crippen molar-refractivity contribution >= 4 is 21.7 Å². The first kappa shape index (κ1) is 18.8. The monoisotopic (exact) mass is 379 g/mol. The molecule has 1 atom stereocenters. The van der Waals surface area contributed by atoms with Gasteiger partial charge in [-0.15, -0.1) is 0 Å². The van der Waals surface area contributed by atoms with Gasteiger partial charge in [0.25, 0.3) is 0 Å². The average Bonchev–Trinajstić information content (AvgIpc) is 3.01.